The molecule has 2 saturated carbocycles. The van der Waals surface area contributed by atoms with E-state index in [4.69, 9.17) is 0 Å². The minimum atomic E-state index is 0.365. The van der Waals surface area contributed by atoms with Crippen LogP contribution in [0, 0.1) is 23.2 Å². The van der Waals surface area contributed by atoms with Gasteiger partial charge >= 0.3 is 0 Å². The number of nitrogens with one attached hydrogen (secondary N) is 1. The summed E-state index contributed by atoms with van der Waals surface area (Å²) in [5.41, 5.74) is 2.58. The molecule has 2 heteroatoms. The highest BCUT2D eigenvalue weighted by Crippen LogP contribution is 2.68. The average molecular weight is 221 g/mol. The van der Waals surface area contributed by atoms with Crippen molar-refractivity contribution < 1.29 is 4.79 Å². The standard InChI is InChI=1S/C14H23NO/c1-8(2)7-15-9(3)12-11(16)6-10-13(12)14(10,4)5/h8,10,13,15H,6-7H2,1-5H3. The van der Waals surface area contributed by atoms with Gasteiger partial charge in [0.15, 0.2) is 5.78 Å². The number of hydrogen-bond donors (Lipinski definition) is 1. The molecule has 1 N–H and O–H groups in total. The first-order valence-electron chi connectivity index (χ1n) is 6.33. The van der Waals surface area contributed by atoms with E-state index in [2.05, 4.69) is 39.9 Å². The van der Waals surface area contributed by atoms with Crippen LogP contribution in [0.25, 0.3) is 0 Å². The van der Waals surface area contributed by atoms with Crippen molar-refractivity contribution in [2.75, 3.05) is 6.54 Å². The zero-order valence-corrected chi connectivity index (χ0v) is 11.1. The molecular weight excluding hydrogens is 198 g/mol. The zero-order valence-electron chi connectivity index (χ0n) is 11.1. The molecule has 0 bridgehead atoms. The molecule has 2 nitrogen and oxygen atoms in total. The van der Waals surface area contributed by atoms with Gasteiger partial charge in [0.2, 0.25) is 0 Å². The van der Waals surface area contributed by atoms with E-state index in [1.54, 1.807) is 0 Å². The van der Waals surface area contributed by atoms with Gasteiger partial charge in [-0.3, -0.25) is 4.79 Å². The Hall–Kier alpha value is -0.790. The molecule has 0 radical (unpaired) electrons. The van der Waals surface area contributed by atoms with Crippen LogP contribution >= 0.6 is 0 Å². The Balaban J connectivity index is 2.13. The van der Waals surface area contributed by atoms with Crippen molar-refractivity contribution in [1.82, 2.24) is 5.32 Å². The normalized spacial score (nSPS) is 34.0. The van der Waals surface area contributed by atoms with Crippen LogP contribution in [0.5, 0.6) is 0 Å². The van der Waals surface area contributed by atoms with Crippen molar-refractivity contribution >= 4 is 5.78 Å². The molecule has 0 saturated heterocycles. The Morgan fingerprint density at radius 2 is 2.12 bits per heavy atom. The third-order valence-corrected chi connectivity index (χ3v) is 4.25. The summed E-state index contributed by atoms with van der Waals surface area (Å²) in [4.78, 5) is 11.9. The molecule has 2 fully saturated rings. The molecule has 0 aliphatic heterocycles. The van der Waals surface area contributed by atoms with E-state index in [-0.39, 0.29) is 0 Å². The molecule has 0 amide bonds. The number of Topliss-reactive ketones (excluding diaryl/α,β-unsaturated/α-hetero) is 1. The summed E-state index contributed by atoms with van der Waals surface area (Å²) in [6.07, 6.45) is 0.772. The van der Waals surface area contributed by atoms with Crippen molar-refractivity contribution in [1.29, 1.82) is 0 Å². The second-order valence-corrected chi connectivity index (χ2v) is 6.35. The van der Waals surface area contributed by atoms with Gasteiger partial charge in [-0.05, 0) is 30.1 Å². The lowest BCUT2D eigenvalue weighted by molar-refractivity contribution is -0.115. The van der Waals surface area contributed by atoms with Gasteiger partial charge in [0.05, 0.1) is 0 Å². The fraction of sp³-hybridized carbons (Fsp3) is 0.786. The quantitative estimate of drug-likeness (QED) is 0.742. The minimum absolute atomic E-state index is 0.365. The highest BCUT2D eigenvalue weighted by Gasteiger charge is 2.65. The summed E-state index contributed by atoms with van der Waals surface area (Å²) >= 11 is 0. The van der Waals surface area contributed by atoms with Crippen molar-refractivity contribution in [3.63, 3.8) is 0 Å². The molecule has 0 heterocycles. The van der Waals surface area contributed by atoms with Gasteiger partial charge < -0.3 is 5.32 Å². The first-order valence-corrected chi connectivity index (χ1v) is 6.33. The van der Waals surface area contributed by atoms with Crippen LogP contribution in [0.3, 0.4) is 0 Å². The van der Waals surface area contributed by atoms with Gasteiger partial charge in [-0.2, -0.15) is 0 Å². The molecule has 0 spiro atoms. The maximum atomic E-state index is 11.9. The Bertz CT molecular complexity index is 352. The zero-order chi connectivity index (χ0) is 12.1. The molecule has 0 aromatic heterocycles. The third-order valence-electron chi connectivity index (χ3n) is 4.25. The van der Waals surface area contributed by atoms with Crippen molar-refractivity contribution in [3.05, 3.63) is 11.3 Å². The van der Waals surface area contributed by atoms with E-state index in [1.165, 1.54) is 0 Å². The number of carbonyl (C=O) groups is 1. The van der Waals surface area contributed by atoms with Crippen LogP contribution in [0.2, 0.25) is 0 Å². The van der Waals surface area contributed by atoms with E-state index in [0.29, 0.717) is 29.0 Å². The second-order valence-electron chi connectivity index (χ2n) is 6.35. The third kappa shape index (κ3) is 1.68. The summed E-state index contributed by atoms with van der Waals surface area (Å²) < 4.78 is 0. The second kappa shape index (κ2) is 3.61. The van der Waals surface area contributed by atoms with Crippen LogP contribution < -0.4 is 5.32 Å². The fourth-order valence-electron chi connectivity index (χ4n) is 3.08. The summed E-state index contributed by atoms with van der Waals surface area (Å²) in [6.45, 7) is 12.0. The largest absolute Gasteiger partial charge is 0.388 e. The molecular formula is C14H23NO. The highest BCUT2D eigenvalue weighted by molar-refractivity contribution is 6.01. The van der Waals surface area contributed by atoms with Crippen LogP contribution in [0.4, 0.5) is 0 Å². The van der Waals surface area contributed by atoms with E-state index in [1.807, 2.05) is 0 Å². The van der Waals surface area contributed by atoms with Gasteiger partial charge in [-0.1, -0.05) is 27.7 Å². The molecule has 0 aromatic rings. The van der Waals surface area contributed by atoms with Crippen LogP contribution in [-0.4, -0.2) is 12.3 Å². The lowest BCUT2D eigenvalue weighted by Gasteiger charge is -2.15. The highest BCUT2D eigenvalue weighted by atomic mass is 16.1. The van der Waals surface area contributed by atoms with E-state index in [0.717, 1.165) is 24.2 Å². The maximum absolute atomic E-state index is 11.9. The molecule has 2 rings (SSSR count). The SMILES string of the molecule is CC(NCC(C)C)=C1C(=O)CC2C1C2(C)C. The van der Waals surface area contributed by atoms with Gasteiger partial charge in [0.1, 0.15) is 0 Å². The predicted molar refractivity (Wildman–Crippen MR) is 65.9 cm³/mol. The topological polar surface area (TPSA) is 29.1 Å². The van der Waals surface area contributed by atoms with Gasteiger partial charge in [-0.25, -0.2) is 0 Å². The lowest BCUT2D eigenvalue weighted by Crippen LogP contribution is -2.21. The minimum Gasteiger partial charge on any atom is -0.388 e. The first-order chi connectivity index (χ1) is 7.35. The molecule has 2 aliphatic rings. The number of fused-ring (bicyclic) bond motifs is 1. The Morgan fingerprint density at radius 3 is 2.62 bits per heavy atom. The van der Waals surface area contributed by atoms with Crippen LogP contribution in [-0.2, 0) is 4.79 Å². The molecule has 2 aliphatic carbocycles. The van der Waals surface area contributed by atoms with E-state index >= 15 is 0 Å². The molecule has 2 unspecified atom stereocenters. The Labute approximate surface area is 98.5 Å². The van der Waals surface area contributed by atoms with E-state index < -0.39 is 0 Å². The van der Waals surface area contributed by atoms with Crippen LogP contribution in [0.15, 0.2) is 11.3 Å². The number of hydrogen-bond acceptors (Lipinski definition) is 2. The Morgan fingerprint density at radius 1 is 1.50 bits per heavy atom. The number of ketones is 1. The van der Waals surface area contributed by atoms with Crippen molar-refractivity contribution in [3.8, 4) is 0 Å². The van der Waals surface area contributed by atoms with E-state index in [9.17, 15) is 4.79 Å². The fourth-order valence-corrected chi connectivity index (χ4v) is 3.08. The van der Waals surface area contributed by atoms with Crippen molar-refractivity contribution in [2.24, 2.45) is 23.2 Å². The predicted octanol–water partition coefficient (Wildman–Crippen LogP) is 2.75. The van der Waals surface area contributed by atoms with Crippen LogP contribution in [0.1, 0.15) is 41.0 Å². The lowest BCUT2D eigenvalue weighted by atomic mass is 9.95. The summed E-state index contributed by atoms with van der Waals surface area (Å²) in [7, 11) is 0. The number of rotatable bonds is 3. The number of allylic oxidation sites excluding steroid dienone is 2. The smallest absolute Gasteiger partial charge is 0.161 e. The molecule has 90 valence electrons. The maximum Gasteiger partial charge on any atom is 0.161 e. The average Bonchev–Trinajstić information content (AvgIpc) is 2.59. The number of carbonyl (C=O) groups excluding carboxylic acids is 1. The molecule has 2 atom stereocenters. The van der Waals surface area contributed by atoms with Gasteiger partial charge in [0, 0.05) is 24.2 Å². The summed E-state index contributed by atoms with van der Waals surface area (Å²) in [5, 5.41) is 3.41. The molecule has 0 aromatic carbocycles. The molecule has 16 heavy (non-hydrogen) atoms. The summed E-state index contributed by atoms with van der Waals surface area (Å²) in [6, 6.07) is 0. The van der Waals surface area contributed by atoms with Crippen molar-refractivity contribution in [2.45, 2.75) is 41.0 Å². The van der Waals surface area contributed by atoms with Gasteiger partial charge in [-0.15, -0.1) is 0 Å². The summed E-state index contributed by atoms with van der Waals surface area (Å²) in [5.74, 6) is 2.14. The monoisotopic (exact) mass is 221 g/mol. The first kappa shape index (κ1) is 11.7. The van der Waals surface area contributed by atoms with Gasteiger partial charge in [0.25, 0.3) is 0 Å². The Kier molecular flexibility index (Phi) is 2.64.